The van der Waals surface area contributed by atoms with Crippen LogP contribution in [0.2, 0.25) is 5.66 Å². The molecule has 2 heteroatoms. The van der Waals surface area contributed by atoms with Crippen LogP contribution in [0.1, 0.15) is 0 Å². The van der Waals surface area contributed by atoms with Gasteiger partial charge in [0.05, 0.1) is 0 Å². The Balaban J connectivity index is 1.97. The standard InChI is InChI=1S/C2H5O.Am/c1-2-3;/h3H,1-2H2;. The van der Waals surface area contributed by atoms with Gasteiger partial charge in [0.15, 0.2) is 0 Å². The predicted molar refractivity (Wildman–Crippen MR) is 11.9 cm³/mol. The minimum absolute atomic E-state index is 0.367. The first-order valence-corrected chi connectivity index (χ1v) is 3.31. The van der Waals surface area contributed by atoms with Crippen molar-refractivity contribution in [2.24, 2.45) is 0 Å². The summed E-state index contributed by atoms with van der Waals surface area (Å²) in [7, 11) is 0. The molecule has 0 amide bonds. The molecule has 0 rings (SSSR count). The van der Waals surface area contributed by atoms with Gasteiger partial charge in [-0.3, -0.25) is 0 Å². The Morgan fingerprint density at radius 2 is 2.00 bits per heavy atom. The van der Waals surface area contributed by atoms with Crippen LogP contribution in [0.4, 0.5) is 0 Å². The molecule has 0 spiro atoms. The van der Waals surface area contributed by atoms with E-state index in [1.165, 1.54) is 13.4 Å². The van der Waals surface area contributed by atoms with Gasteiger partial charge in [-0.25, -0.2) is 0 Å². The van der Waals surface area contributed by atoms with E-state index in [0.717, 1.165) is 5.66 Å². The summed E-state index contributed by atoms with van der Waals surface area (Å²) in [6, 6.07) is 0. The predicted octanol–water partition coefficient (Wildman–Crippen LogP) is -0.0537. The first-order chi connectivity index (χ1) is 1.91. The van der Waals surface area contributed by atoms with Crippen molar-refractivity contribution in [1.29, 1.82) is 0 Å². The minimum atomic E-state index is 0.367. The zero-order valence-electron chi connectivity index (χ0n) is 2.24. The third-order valence-electron chi connectivity index (χ3n) is 0.0845. The second-order valence-corrected chi connectivity index (χ2v) is 1.99. The zero-order chi connectivity index (χ0) is 3.41. The van der Waals surface area contributed by atoms with E-state index in [1.807, 2.05) is 0 Å². The molecule has 1 N–H and O–H groups in total. The van der Waals surface area contributed by atoms with Crippen LogP contribution >= 0.6 is 0 Å². The molecule has 26 valence electrons. The second-order valence-electron chi connectivity index (χ2n) is 0.413. The first kappa shape index (κ1) is 4.35. The van der Waals surface area contributed by atoms with Crippen LogP contribution in [0.5, 0.6) is 0 Å². The normalized spacial score (nSPS) is 7.75. The number of rotatable bonds is 1. The number of hydrogen-bond acceptors (Lipinski definition) is 1. The fourth-order valence-electron chi connectivity index (χ4n) is 0. The van der Waals surface area contributed by atoms with Gasteiger partial charge in [0.1, 0.15) is 0 Å². The molecule has 0 heterocycles. The van der Waals surface area contributed by atoms with Gasteiger partial charge in [-0.2, -0.15) is 0 Å². The molecule has 0 bridgehead atoms. The van der Waals surface area contributed by atoms with E-state index in [2.05, 4.69) is 0 Å². The Kier molecular flexibility index (Phi) is 3.64. The van der Waals surface area contributed by atoms with Crippen LogP contribution in [0.15, 0.2) is 0 Å². The van der Waals surface area contributed by atoms with Gasteiger partial charge < -0.3 is 0 Å². The van der Waals surface area contributed by atoms with E-state index in [0.29, 0.717) is 6.61 Å². The molecule has 0 aromatic carbocycles. The molecule has 4 heavy (non-hydrogen) atoms. The summed E-state index contributed by atoms with van der Waals surface area (Å²) in [5.74, 6) is 0. The topological polar surface area (TPSA) is 20.2 Å². The summed E-state index contributed by atoms with van der Waals surface area (Å²) in [4.78, 5) is 0. The second kappa shape index (κ2) is 3.35. The average molecular weight is 288 g/mol. The van der Waals surface area contributed by atoms with Crippen molar-refractivity contribution in [2.75, 3.05) is 6.61 Å². The Bertz CT molecular complexity index is 8.00. The van der Waals surface area contributed by atoms with Crippen LogP contribution < -0.4 is 0 Å². The molecule has 0 radical (unpaired) electrons. The average Bonchev–Trinajstić information content (AvgIpc) is 1.37. The van der Waals surface area contributed by atoms with Crippen LogP contribution in [-0.2, 0) is 0 Å². The molecule has 0 fully saturated rings. The summed E-state index contributed by atoms with van der Waals surface area (Å²) in [5.41, 5.74) is 0.982. The molecule has 0 aliphatic heterocycles. The van der Waals surface area contributed by atoms with E-state index < -0.39 is 0 Å². The van der Waals surface area contributed by atoms with Crippen molar-refractivity contribution in [3.63, 3.8) is 0 Å². The number of aliphatic hydroxyl groups excluding tert-OH is 1. The maximum absolute atomic E-state index is 7.90. The first-order valence-electron chi connectivity index (χ1n) is 1.08. The summed E-state index contributed by atoms with van der Waals surface area (Å²) in [6.45, 7) is 0.367. The Labute approximate surface area is 31.7 Å². The van der Waals surface area contributed by atoms with Gasteiger partial charge in [-0.1, -0.05) is 0 Å². The van der Waals surface area contributed by atoms with Gasteiger partial charge in [0.2, 0.25) is 0 Å². The molecule has 0 saturated carbocycles. The molecule has 0 aromatic rings. The Morgan fingerprint density at radius 3 is 2.00 bits per heavy atom. The van der Waals surface area contributed by atoms with Crippen LogP contribution in [0.3, 0.4) is 0 Å². The summed E-state index contributed by atoms with van der Waals surface area (Å²) >= 11 is 1.32. The van der Waals surface area contributed by atoms with Crippen molar-refractivity contribution in [2.45, 2.75) is 5.66 Å². The van der Waals surface area contributed by atoms with Crippen molar-refractivity contribution < 1.29 is 18.5 Å². The third kappa shape index (κ3) is 2.35. The van der Waals surface area contributed by atoms with Gasteiger partial charge in [-0.15, -0.1) is 0 Å². The van der Waals surface area contributed by atoms with Crippen molar-refractivity contribution >= 4 is 0 Å². The Morgan fingerprint density at radius 1 is 1.75 bits per heavy atom. The summed E-state index contributed by atoms with van der Waals surface area (Å²) in [5, 5.41) is 7.90. The molecule has 0 atom stereocenters. The van der Waals surface area contributed by atoms with E-state index in [1.54, 1.807) is 0 Å². The molecule has 0 aromatic heterocycles. The van der Waals surface area contributed by atoms with E-state index in [-0.39, 0.29) is 0 Å². The molecular weight excluding hydrogens is 283 g/mol. The van der Waals surface area contributed by atoms with Gasteiger partial charge >= 0.3 is 30.7 Å². The van der Waals surface area contributed by atoms with Crippen LogP contribution in [-0.4, -0.2) is 11.7 Å². The maximum atomic E-state index is 7.90. The number of hydrogen-bond donors (Lipinski definition) is 1. The molecule has 0 unspecified atom stereocenters. The summed E-state index contributed by atoms with van der Waals surface area (Å²) < 4.78 is 0. The summed E-state index contributed by atoms with van der Waals surface area (Å²) in [6.07, 6.45) is 0. The molecule has 0 aliphatic carbocycles. The van der Waals surface area contributed by atoms with Crippen molar-refractivity contribution in [1.82, 2.24) is 0 Å². The van der Waals surface area contributed by atoms with E-state index >= 15 is 0 Å². The third-order valence-corrected chi connectivity index (χ3v) is 0.788. The van der Waals surface area contributed by atoms with Gasteiger partial charge in [0, 0.05) is 0 Å². The molecule has 0 aliphatic rings. The van der Waals surface area contributed by atoms with Crippen LogP contribution in [0, 0.1) is 13.4 Å². The van der Waals surface area contributed by atoms with Crippen molar-refractivity contribution in [3.05, 3.63) is 0 Å². The van der Waals surface area contributed by atoms with E-state index in [9.17, 15) is 0 Å². The van der Waals surface area contributed by atoms with Crippen LogP contribution in [0.25, 0.3) is 0 Å². The van der Waals surface area contributed by atoms with E-state index in [4.69, 9.17) is 5.11 Å². The zero-order valence-corrected chi connectivity index (χ0v) is 5.39. The van der Waals surface area contributed by atoms with Gasteiger partial charge in [0.25, 0.3) is 0 Å². The van der Waals surface area contributed by atoms with Crippen molar-refractivity contribution in [3.8, 4) is 0 Å². The SMILES string of the molecule is OC[CH2][Am]. The fourth-order valence-corrected chi connectivity index (χ4v) is 0. The monoisotopic (exact) mass is 286 g/mol. The Hall–Kier alpha value is 0.350. The molecule has 1 nitrogen and oxygen atoms in total. The van der Waals surface area contributed by atoms with Gasteiger partial charge in [-0.05, 0) is 0 Å². The molecule has 0 saturated heterocycles. The fraction of sp³-hybridized carbons (Fsp3) is 1.00. The quantitative estimate of drug-likeness (QED) is 0.717. The molecular formula is C2H5AmO. The number of aliphatic hydroxyl groups is 1.